The minimum absolute atomic E-state index is 0.0170. The van der Waals surface area contributed by atoms with Gasteiger partial charge in [0.2, 0.25) is 11.8 Å². The molecule has 0 aromatic heterocycles. The van der Waals surface area contributed by atoms with Crippen LogP contribution < -0.4 is 16.0 Å². The van der Waals surface area contributed by atoms with Crippen molar-refractivity contribution in [3.05, 3.63) is 35.9 Å². The van der Waals surface area contributed by atoms with Gasteiger partial charge in [0.15, 0.2) is 0 Å². The number of carbonyl (C=O) groups is 3. The van der Waals surface area contributed by atoms with Gasteiger partial charge in [-0.25, -0.2) is 4.79 Å². The van der Waals surface area contributed by atoms with E-state index in [-0.39, 0.29) is 42.1 Å². The molecule has 1 aromatic rings. The number of likely N-dealkylation sites (tertiary alicyclic amines) is 1. The van der Waals surface area contributed by atoms with E-state index in [0.717, 1.165) is 24.8 Å². The summed E-state index contributed by atoms with van der Waals surface area (Å²) in [5, 5.41) is 9.38. The average Bonchev–Trinajstić information content (AvgIpc) is 3.06. The maximum Gasteiger partial charge on any atom is 0.408 e. The van der Waals surface area contributed by atoms with Gasteiger partial charge in [-0.1, -0.05) is 30.3 Å². The molecule has 2 aliphatic rings. The Kier molecular flexibility index (Phi) is 7.77. The quantitative estimate of drug-likeness (QED) is 0.625. The van der Waals surface area contributed by atoms with Crippen molar-refractivity contribution < 1.29 is 19.1 Å². The fraction of sp³-hybridized carbons (Fsp3) is 0.625. The molecule has 176 valence electrons. The highest BCUT2D eigenvalue weighted by Gasteiger charge is 2.43. The van der Waals surface area contributed by atoms with Gasteiger partial charge in [-0.3, -0.25) is 9.59 Å². The molecule has 1 aliphatic heterocycles. The maximum absolute atomic E-state index is 13.1. The van der Waals surface area contributed by atoms with Gasteiger partial charge in [0.1, 0.15) is 12.6 Å². The summed E-state index contributed by atoms with van der Waals surface area (Å²) in [4.78, 5) is 39.0. The molecule has 1 heterocycles. The Balaban J connectivity index is 1.56. The van der Waals surface area contributed by atoms with Gasteiger partial charge in [-0.2, -0.15) is 0 Å². The zero-order valence-electron chi connectivity index (χ0n) is 19.5. The maximum atomic E-state index is 13.1. The van der Waals surface area contributed by atoms with Gasteiger partial charge in [0.25, 0.3) is 0 Å². The highest BCUT2D eigenvalue weighted by Crippen LogP contribution is 2.28. The molecular weight excluding hydrogens is 408 g/mol. The monoisotopic (exact) mass is 444 g/mol. The molecule has 1 saturated carbocycles. The number of hydrogen-bond donors (Lipinski definition) is 3. The predicted octanol–water partition coefficient (Wildman–Crippen LogP) is 2.33. The van der Waals surface area contributed by atoms with Gasteiger partial charge >= 0.3 is 6.09 Å². The smallest absolute Gasteiger partial charge is 0.408 e. The van der Waals surface area contributed by atoms with E-state index < -0.39 is 12.1 Å². The third-order valence-corrected chi connectivity index (χ3v) is 5.98. The van der Waals surface area contributed by atoms with E-state index in [9.17, 15) is 14.4 Å². The first-order valence-electron chi connectivity index (χ1n) is 11.4. The van der Waals surface area contributed by atoms with Crippen LogP contribution in [0.4, 0.5) is 4.79 Å². The van der Waals surface area contributed by atoms with Crippen LogP contribution in [0.15, 0.2) is 30.3 Å². The number of hydrogen-bond acceptors (Lipinski definition) is 5. The molecule has 0 radical (unpaired) electrons. The van der Waals surface area contributed by atoms with E-state index in [1.807, 2.05) is 35.2 Å². The van der Waals surface area contributed by atoms with Gasteiger partial charge in [-0.05, 0) is 52.0 Å². The van der Waals surface area contributed by atoms with Crippen LogP contribution in [0.2, 0.25) is 0 Å². The Labute approximate surface area is 190 Å². The molecule has 0 spiro atoms. The molecule has 1 aliphatic carbocycles. The van der Waals surface area contributed by atoms with Crippen molar-refractivity contribution in [1.82, 2.24) is 20.9 Å². The van der Waals surface area contributed by atoms with Crippen molar-refractivity contribution in [2.24, 2.45) is 0 Å². The van der Waals surface area contributed by atoms with Crippen molar-refractivity contribution in [1.29, 1.82) is 0 Å². The fourth-order valence-electron chi connectivity index (χ4n) is 4.76. The minimum Gasteiger partial charge on any atom is -0.445 e. The van der Waals surface area contributed by atoms with Gasteiger partial charge in [0.05, 0.1) is 12.1 Å². The van der Waals surface area contributed by atoms with Crippen LogP contribution >= 0.6 is 0 Å². The van der Waals surface area contributed by atoms with Crippen molar-refractivity contribution in [3.63, 3.8) is 0 Å². The molecule has 1 unspecified atom stereocenters. The Morgan fingerprint density at radius 1 is 1.09 bits per heavy atom. The number of ether oxygens (including phenoxy) is 1. The van der Waals surface area contributed by atoms with E-state index in [1.165, 1.54) is 6.92 Å². The second-order valence-electron chi connectivity index (χ2n) is 9.86. The number of rotatable bonds is 6. The second-order valence-corrected chi connectivity index (χ2v) is 9.86. The third-order valence-electron chi connectivity index (χ3n) is 5.98. The third kappa shape index (κ3) is 6.69. The Morgan fingerprint density at radius 3 is 2.47 bits per heavy atom. The zero-order valence-corrected chi connectivity index (χ0v) is 19.5. The molecule has 1 aromatic carbocycles. The molecule has 2 fully saturated rings. The summed E-state index contributed by atoms with van der Waals surface area (Å²) in [7, 11) is 0. The topological polar surface area (TPSA) is 99.8 Å². The molecule has 4 atom stereocenters. The van der Waals surface area contributed by atoms with E-state index in [1.54, 1.807) is 0 Å². The predicted molar refractivity (Wildman–Crippen MR) is 122 cm³/mol. The van der Waals surface area contributed by atoms with E-state index in [2.05, 4.69) is 36.7 Å². The summed E-state index contributed by atoms with van der Waals surface area (Å²) in [6.45, 7) is 8.61. The van der Waals surface area contributed by atoms with Crippen LogP contribution in [0.25, 0.3) is 0 Å². The minimum atomic E-state index is -0.596. The molecule has 3 rings (SSSR count). The van der Waals surface area contributed by atoms with E-state index in [0.29, 0.717) is 13.0 Å². The lowest BCUT2D eigenvalue weighted by Crippen LogP contribution is -2.59. The van der Waals surface area contributed by atoms with Crippen LogP contribution in [0.5, 0.6) is 0 Å². The lowest BCUT2D eigenvalue weighted by atomic mass is 9.84. The summed E-state index contributed by atoms with van der Waals surface area (Å²) in [5.74, 6) is -0.202. The summed E-state index contributed by atoms with van der Waals surface area (Å²) >= 11 is 0. The Bertz CT molecular complexity index is 808. The molecular formula is C24H36N4O4. The number of nitrogens with zero attached hydrogens (tertiary/aromatic N) is 1. The van der Waals surface area contributed by atoms with Crippen molar-refractivity contribution in [3.8, 4) is 0 Å². The molecule has 3 amide bonds. The van der Waals surface area contributed by atoms with Gasteiger partial charge < -0.3 is 25.6 Å². The van der Waals surface area contributed by atoms with Crippen LogP contribution in [-0.4, -0.2) is 59.1 Å². The first-order valence-corrected chi connectivity index (χ1v) is 11.4. The van der Waals surface area contributed by atoms with E-state index in [4.69, 9.17) is 4.74 Å². The first kappa shape index (κ1) is 24.0. The summed E-state index contributed by atoms with van der Waals surface area (Å²) in [6, 6.07) is 8.91. The number of carbonyl (C=O) groups excluding carboxylic acids is 3. The molecule has 32 heavy (non-hydrogen) atoms. The highest BCUT2D eigenvalue weighted by molar-refractivity contribution is 5.88. The first-order chi connectivity index (χ1) is 15.1. The summed E-state index contributed by atoms with van der Waals surface area (Å²) < 4.78 is 5.27. The van der Waals surface area contributed by atoms with Crippen LogP contribution in [0.3, 0.4) is 0 Å². The van der Waals surface area contributed by atoms with Crippen molar-refractivity contribution in [2.75, 3.05) is 6.54 Å². The molecule has 3 N–H and O–H groups in total. The van der Waals surface area contributed by atoms with Gasteiger partial charge in [0, 0.05) is 25.0 Å². The normalized spacial score (nSPS) is 26.0. The highest BCUT2D eigenvalue weighted by atomic mass is 16.5. The van der Waals surface area contributed by atoms with Crippen LogP contribution in [0, 0.1) is 0 Å². The lowest BCUT2D eigenvalue weighted by Gasteiger charge is -2.43. The Morgan fingerprint density at radius 2 is 1.81 bits per heavy atom. The average molecular weight is 445 g/mol. The van der Waals surface area contributed by atoms with Gasteiger partial charge in [-0.15, -0.1) is 0 Å². The lowest BCUT2D eigenvalue weighted by molar-refractivity contribution is -0.133. The summed E-state index contributed by atoms with van der Waals surface area (Å²) in [6.07, 6.45) is 2.44. The van der Waals surface area contributed by atoms with Crippen LogP contribution in [0.1, 0.15) is 58.9 Å². The second kappa shape index (κ2) is 10.3. The van der Waals surface area contributed by atoms with Crippen LogP contribution in [-0.2, 0) is 20.9 Å². The standard InChI is InChI=1S/C24H36N4O4/c1-16(29)25-20-14-18(27-24(2,3)4)10-11-21(20)28-13-12-19(22(28)30)26-23(31)32-15-17-8-6-5-7-9-17/h5-9,18-21,27H,10-15H2,1-4H3,(H,25,29)(H,26,31)/t18-,19?,20-,21+/m1/s1. The number of benzene rings is 1. The zero-order chi connectivity index (χ0) is 23.3. The number of nitrogens with one attached hydrogen (secondary N) is 3. The van der Waals surface area contributed by atoms with E-state index >= 15 is 0 Å². The Hall–Kier alpha value is -2.61. The number of amides is 3. The molecule has 0 bridgehead atoms. The molecule has 8 nitrogen and oxygen atoms in total. The molecule has 8 heteroatoms. The fourth-order valence-corrected chi connectivity index (χ4v) is 4.76. The largest absolute Gasteiger partial charge is 0.445 e. The SMILES string of the molecule is CC(=O)N[C@@H]1C[C@H](NC(C)(C)C)CC[C@@H]1N1CCC(NC(=O)OCc2ccccc2)C1=O. The summed E-state index contributed by atoms with van der Waals surface area (Å²) in [5.41, 5.74) is 0.873. The molecule has 1 saturated heterocycles. The number of alkyl carbamates (subject to hydrolysis) is 1. The van der Waals surface area contributed by atoms with Crippen molar-refractivity contribution in [2.45, 2.75) is 89.7 Å². The van der Waals surface area contributed by atoms with Crippen molar-refractivity contribution >= 4 is 17.9 Å².